The van der Waals surface area contributed by atoms with Gasteiger partial charge in [0.1, 0.15) is 12.8 Å². The smallest absolute Gasteiger partial charge is 0.216 e. The van der Waals surface area contributed by atoms with E-state index < -0.39 is 0 Å². The van der Waals surface area contributed by atoms with Crippen molar-refractivity contribution in [3.63, 3.8) is 0 Å². The lowest BCUT2D eigenvalue weighted by atomic mass is 9.96. The summed E-state index contributed by atoms with van der Waals surface area (Å²) in [7, 11) is 2.12. The summed E-state index contributed by atoms with van der Waals surface area (Å²) in [5.74, 6) is 1.07. The van der Waals surface area contributed by atoms with Gasteiger partial charge in [-0.05, 0) is 36.1 Å². The summed E-state index contributed by atoms with van der Waals surface area (Å²) in [6.45, 7) is 5.14. The number of hydrogen-bond donors (Lipinski definition) is 0. The Bertz CT molecular complexity index is 913. The molecule has 120 valence electrons. The highest BCUT2D eigenvalue weighted by Crippen LogP contribution is 2.38. The summed E-state index contributed by atoms with van der Waals surface area (Å²) in [5.41, 5.74) is 8.83. The van der Waals surface area contributed by atoms with E-state index >= 15 is 0 Å². The molecule has 4 rings (SSSR count). The molecule has 0 amide bonds. The van der Waals surface area contributed by atoms with Crippen molar-refractivity contribution in [1.82, 2.24) is 0 Å². The third kappa shape index (κ3) is 2.39. The maximum atomic E-state index is 5.96. The summed E-state index contributed by atoms with van der Waals surface area (Å²) in [4.78, 5) is 0. The second-order valence-electron chi connectivity index (χ2n) is 6.58. The lowest BCUT2D eigenvalue weighted by Gasteiger charge is -2.12. The van der Waals surface area contributed by atoms with Crippen molar-refractivity contribution < 1.29 is 9.30 Å². The van der Waals surface area contributed by atoms with Gasteiger partial charge in [-0.1, -0.05) is 42.5 Å². The quantitative estimate of drug-likeness (QED) is 0.639. The molecule has 2 heterocycles. The van der Waals surface area contributed by atoms with Crippen LogP contribution in [0.5, 0.6) is 5.75 Å². The minimum Gasteiger partial charge on any atom is -0.492 e. The molecule has 24 heavy (non-hydrogen) atoms. The van der Waals surface area contributed by atoms with Crippen LogP contribution in [0.2, 0.25) is 0 Å². The highest BCUT2D eigenvalue weighted by molar-refractivity contribution is 5.74. The van der Waals surface area contributed by atoms with Crippen LogP contribution < -0.4 is 9.30 Å². The number of aryl methyl sites for hydroxylation is 3. The van der Waals surface area contributed by atoms with Gasteiger partial charge in [0, 0.05) is 18.1 Å². The molecule has 0 N–H and O–H groups in total. The minimum absolute atomic E-state index is 0.788. The summed E-state index contributed by atoms with van der Waals surface area (Å²) < 4.78 is 8.18. The van der Waals surface area contributed by atoms with Crippen molar-refractivity contribution in [2.45, 2.75) is 20.3 Å². The van der Waals surface area contributed by atoms with E-state index in [1.807, 2.05) is 0 Å². The van der Waals surface area contributed by atoms with Gasteiger partial charge in [-0.15, -0.1) is 0 Å². The molecule has 0 unspecified atom stereocenters. The Hall–Kier alpha value is -2.61. The summed E-state index contributed by atoms with van der Waals surface area (Å²) >= 11 is 0. The van der Waals surface area contributed by atoms with Gasteiger partial charge in [0.15, 0.2) is 6.20 Å². The number of benzene rings is 2. The van der Waals surface area contributed by atoms with Gasteiger partial charge in [-0.25, -0.2) is 4.57 Å². The Labute approximate surface area is 143 Å². The third-order valence-electron chi connectivity index (χ3n) is 4.89. The standard InChI is InChI=1S/C22H22NO/c1-15-9-10-18-11-12-24-22(18)21(15)20-13-16(2)19(14-23(20)3)17-7-5-4-6-8-17/h4-10,13-14H,11-12H2,1-3H3/q+1. The number of nitrogens with zero attached hydrogens (tertiary/aromatic N) is 1. The van der Waals surface area contributed by atoms with Gasteiger partial charge in [0.25, 0.3) is 0 Å². The molecule has 1 aliphatic heterocycles. The maximum Gasteiger partial charge on any atom is 0.216 e. The van der Waals surface area contributed by atoms with Crippen LogP contribution in [-0.2, 0) is 13.5 Å². The molecule has 1 aliphatic rings. The third-order valence-corrected chi connectivity index (χ3v) is 4.89. The van der Waals surface area contributed by atoms with Crippen LogP contribution in [0.15, 0.2) is 54.7 Å². The molecule has 2 aromatic carbocycles. The van der Waals surface area contributed by atoms with E-state index in [0.717, 1.165) is 18.8 Å². The number of ether oxygens (including phenoxy) is 1. The second-order valence-corrected chi connectivity index (χ2v) is 6.58. The lowest BCUT2D eigenvalue weighted by Crippen LogP contribution is -2.31. The minimum atomic E-state index is 0.788. The molecule has 0 saturated carbocycles. The summed E-state index contributed by atoms with van der Waals surface area (Å²) in [6.07, 6.45) is 3.24. The SMILES string of the molecule is Cc1cc(-c2c(C)ccc3c2OCC3)[n+](C)cc1-c1ccccc1. The second kappa shape index (κ2) is 5.79. The van der Waals surface area contributed by atoms with Crippen molar-refractivity contribution >= 4 is 0 Å². The Balaban J connectivity index is 1.90. The maximum absolute atomic E-state index is 5.96. The highest BCUT2D eigenvalue weighted by Gasteiger charge is 2.25. The molecule has 2 heteroatoms. The Kier molecular flexibility index (Phi) is 3.61. The molecule has 0 spiro atoms. The van der Waals surface area contributed by atoms with Crippen LogP contribution in [-0.4, -0.2) is 6.61 Å². The van der Waals surface area contributed by atoms with Gasteiger partial charge < -0.3 is 4.74 Å². The van der Waals surface area contributed by atoms with E-state index in [9.17, 15) is 0 Å². The normalized spacial score (nSPS) is 12.8. The van der Waals surface area contributed by atoms with E-state index in [0.29, 0.717) is 0 Å². The predicted octanol–water partition coefficient (Wildman–Crippen LogP) is 4.40. The van der Waals surface area contributed by atoms with Gasteiger partial charge in [0.05, 0.1) is 12.2 Å². The molecule has 2 nitrogen and oxygen atoms in total. The fourth-order valence-electron chi connectivity index (χ4n) is 3.59. The average molecular weight is 316 g/mol. The lowest BCUT2D eigenvalue weighted by molar-refractivity contribution is -0.660. The average Bonchev–Trinajstić information content (AvgIpc) is 3.06. The molecule has 0 bridgehead atoms. The fourth-order valence-corrected chi connectivity index (χ4v) is 3.59. The van der Waals surface area contributed by atoms with E-state index in [1.54, 1.807) is 0 Å². The first-order valence-corrected chi connectivity index (χ1v) is 8.46. The number of rotatable bonds is 2. The number of fused-ring (bicyclic) bond motifs is 1. The van der Waals surface area contributed by atoms with Crippen LogP contribution in [0.4, 0.5) is 0 Å². The van der Waals surface area contributed by atoms with Crippen LogP contribution >= 0.6 is 0 Å². The van der Waals surface area contributed by atoms with Crippen LogP contribution in [0.3, 0.4) is 0 Å². The Morgan fingerprint density at radius 1 is 0.958 bits per heavy atom. The Morgan fingerprint density at radius 2 is 1.75 bits per heavy atom. The van der Waals surface area contributed by atoms with Gasteiger partial charge >= 0.3 is 0 Å². The van der Waals surface area contributed by atoms with Crippen molar-refractivity contribution in [2.75, 3.05) is 6.61 Å². The Morgan fingerprint density at radius 3 is 2.54 bits per heavy atom. The van der Waals surface area contributed by atoms with Crippen LogP contribution in [0.25, 0.3) is 22.4 Å². The predicted molar refractivity (Wildman–Crippen MR) is 97.2 cm³/mol. The first-order chi connectivity index (χ1) is 11.6. The van der Waals surface area contributed by atoms with E-state index in [-0.39, 0.29) is 0 Å². The van der Waals surface area contributed by atoms with Crippen molar-refractivity contribution in [3.05, 3.63) is 71.4 Å². The molecule has 0 aliphatic carbocycles. The zero-order valence-corrected chi connectivity index (χ0v) is 14.5. The van der Waals surface area contributed by atoms with Crippen LogP contribution in [0.1, 0.15) is 16.7 Å². The number of aromatic nitrogens is 1. The zero-order chi connectivity index (χ0) is 16.7. The summed E-state index contributed by atoms with van der Waals surface area (Å²) in [5, 5.41) is 0. The number of pyridine rings is 1. The van der Waals surface area contributed by atoms with Gasteiger partial charge in [-0.2, -0.15) is 0 Å². The fraction of sp³-hybridized carbons (Fsp3) is 0.227. The largest absolute Gasteiger partial charge is 0.492 e. The summed E-state index contributed by atoms with van der Waals surface area (Å²) in [6, 6.07) is 17.3. The molecule has 0 saturated heterocycles. The van der Waals surface area contributed by atoms with Crippen molar-refractivity contribution in [3.8, 4) is 28.1 Å². The van der Waals surface area contributed by atoms with Crippen molar-refractivity contribution in [1.29, 1.82) is 0 Å². The first kappa shape index (κ1) is 14.9. The van der Waals surface area contributed by atoms with Crippen molar-refractivity contribution in [2.24, 2.45) is 7.05 Å². The molecule has 0 radical (unpaired) electrons. The van der Waals surface area contributed by atoms with E-state index in [4.69, 9.17) is 4.74 Å². The van der Waals surface area contributed by atoms with Crippen LogP contribution in [0, 0.1) is 13.8 Å². The highest BCUT2D eigenvalue weighted by atomic mass is 16.5. The molecular weight excluding hydrogens is 294 g/mol. The molecular formula is C22H22NO+. The molecule has 3 aromatic rings. The van der Waals surface area contributed by atoms with Gasteiger partial charge in [0.2, 0.25) is 5.69 Å². The van der Waals surface area contributed by atoms with E-state index in [1.165, 1.54) is 39.1 Å². The van der Waals surface area contributed by atoms with E-state index in [2.05, 4.69) is 80.2 Å². The molecule has 0 fully saturated rings. The monoisotopic (exact) mass is 316 g/mol. The molecule has 1 aromatic heterocycles. The topological polar surface area (TPSA) is 13.1 Å². The zero-order valence-electron chi connectivity index (χ0n) is 14.5. The molecule has 0 atom stereocenters. The van der Waals surface area contributed by atoms with Gasteiger partial charge in [-0.3, -0.25) is 0 Å². The number of hydrogen-bond acceptors (Lipinski definition) is 1. The first-order valence-electron chi connectivity index (χ1n) is 8.46.